The maximum atomic E-state index is 5.29. The fraction of sp³-hybridized carbons (Fsp3) is 0.750. The van der Waals surface area contributed by atoms with Crippen molar-refractivity contribution in [1.29, 1.82) is 0 Å². The number of hydrogen-bond donors (Lipinski definition) is 0. The number of alkyl halides is 3. The second kappa shape index (κ2) is 3.78. The van der Waals surface area contributed by atoms with Crippen molar-refractivity contribution in [3.05, 3.63) is 6.92 Å². The van der Waals surface area contributed by atoms with Crippen molar-refractivity contribution in [2.75, 3.05) is 13.2 Å². The molecule has 0 N–H and O–H groups in total. The summed E-state index contributed by atoms with van der Waals surface area (Å²) in [5, 5.41) is 0. The van der Waals surface area contributed by atoms with Crippen LogP contribution in [0.15, 0.2) is 0 Å². The maximum absolute atomic E-state index is 5.29. The first kappa shape index (κ1) is 8.83. The first-order valence-electron chi connectivity index (χ1n) is 2.00. The zero-order valence-corrected chi connectivity index (χ0v) is 6.43. The van der Waals surface area contributed by atoms with Crippen LogP contribution in [0.5, 0.6) is 0 Å². The molecule has 0 heterocycles. The average molecular weight is 176 g/mol. The molecule has 0 aliphatic rings. The SMILES string of the molecule is [CH2]COCC(Cl)(Cl)Cl. The number of halogens is 3. The summed E-state index contributed by atoms with van der Waals surface area (Å²) in [6, 6.07) is 0. The summed E-state index contributed by atoms with van der Waals surface area (Å²) in [6.45, 7) is 3.82. The quantitative estimate of drug-likeness (QED) is 0.586. The summed E-state index contributed by atoms with van der Waals surface area (Å²) >= 11 is 15.9. The average Bonchev–Trinajstić information content (AvgIpc) is 1.59. The topological polar surface area (TPSA) is 9.23 Å². The second-order valence-corrected chi connectivity index (χ2v) is 3.68. The molecule has 1 nitrogen and oxygen atoms in total. The van der Waals surface area contributed by atoms with Gasteiger partial charge in [0.05, 0.1) is 6.61 Å². The molecular weight excluding hydrogens is 170 g/mol. The van der Waals surface area contributed by atoms with Gasteiger partial charge >= 0.3 is 0 Å². The van der Waals surface area contributed by atoms with Gasteiger partial charge in [-0.3, -0.25) is 0 Å². The van der Waals surface area contributed by atoms with Crippen LogP contribution in [0, 0.1) is 6.92 Å². The minimum Gasteiger partial charge on any atom is -0.377 e. The normalized spacial score (nSPS) is 12.0. The van der Waals surface area contributed by atoms with E-state index >= 15 is 0 Å². The van der Waals surface area contributed by atoms with Crippen LogP contribution in [0.3, 0.4) is 0 Å². The van der Waals surface area contributed by atoms with E-state index in [0.29, 0.717) is 6.61 Å². The molecule has 0 aromatic carbocycles. The molecular formula is C4H6Cl3O. The first-order chi connectivity index (χ1) is 3.56. The summed E-state index contributed by atoms with van der Waals surface area (Å²) in [5.41, 5.74) is 0. The molecule has 0 rings (SSSR count). The lowest BCUT2D eigenvalue weighted by molar-refractivity contribution is 0.166. The van der Waals surface area contributed by atoms with Crippen molar-refractivity contribution < 1.29 is 4.74 Å². The van der Waals surface area contributed by atoms with Gasteiger partial charge in [-0.2, -0.15) is 0 Å². The zero-order valence-electron chi connectivity index (χ0n) is 4.16. The summed E-state index contributed by atoms with van der Waals surface area (Å²) < 4.78 is 3.40. The van der Waals surface area contributed by atoms with Crippen LogP contribution in [0.2, 0.25) is 0 Å². The molecule has 8 heavy (non-hydrogen) atoms. The van der Waals surface area contributed by atoms with Crippen LogP contribution in [0.25, 0.3) is 0 Å². The van der Waals surface area contributed by atoms with Crippen molar-refractivity contribution in [3.63, 3.8) is 0 Å². The Labute approximate surface area is 63.9 Å². The lowest BCUT2D eigenvalue weighted by Gasteiger charge is -2.08. The minimum absolute atomic E-state index is 0.0984. The van der Waals surface area contributed by atoms with E-state index in [1.54, 1.807) is 0 Å². The van der Waals surface area contributed by atoms with E-state index in [1.807, 2.05) is 0 Å². The summed E-state index contributed by atoms with van der Waals surface area (Å²) in [6.07, 6.45) is 0. The van der Waals surface area contributed by atoms with E-state index in [4.69, 9.17) is 39.5 Å². The van der Waals surface area contributed by atoms with Gasteiger partial charge in [0, 0.05) is 6.61 Å². The Morgan fingerprint density at radius 3 is 2.00 bits per heavy atom. The molecule has 0 fully saturated rings. The summed E-state index contributed by atoms with van der Waals surface area (Å²) in [5.74, 6) is 0. The first-order valence-corrected chi connectivity index (χ1v) is 3.13. The van der Waals surface area contributed by atoms with Gasteiger partial charge in [0.2, 0.25) is 3.79 Å². The standard InChI is InChI=1S/C4H6Cl3O/c1-2-8-3-4(5,6)7/h1-3H2. The maximum Gasteiger partial charge on any atom is 0.213 e. The van der Waals surface area contributed by atoms with Crippen LogP contribution < -0.4 is 0 Å². The molecule has 4 heteroatoms. The van der Waals surface area contributed by atoms with Crippen molar-refractivity contribution >= 4 is 34.8 Å². The Morgan fingerprint density at radius 1 is 1.38 bits per heavy atom. The highest BCUT2D eigenvalue weighted by molar-refractivity contribution is 6.67. The highest BCUT2D eigenvalue weighted by Crippen LogP contribution is 2.25. The van der Waals surface area contributed by atoms with Gasteiger partial charge < -0.3 is 4.74 Å². The molecule has 0 atom stereocenters. The highest BCUT2D eigenvalue weighted by Gasteiger charge is 2.18. The third kappa shape index (κ3) is 6.83. The van der Waals surface area contributed by atoms with E-state index in [9.17, 15) is 0 Å². The van der Waals surface area contributed by atoms with E-state index < -0.39 is 3.79 Å². The number of hydrogen-bond acceptors (Lipinski definition) is 1. The zero-order chi connectivity index (χ0) is 6.62. The number of rotatable bonds is 2. The molecule has 0 aromatic heterocycles. The van der Waals surface area contributed by atoms with Gasteiger partial charge in [-0.05, 0) is 6.92 Å². The van der Waals surface area contributed by atoms with Gasteiger partial charge in [-0.1, -0.05) is 34.8 Å². The molecule has 0 aliphatic carbocycles. The third-order valence-electron chi connectivity index (χ3n) is 0.410. The molecule has 0 amide bonds. The van der Waals surface area contributed by atoms with Crippen LogP contribution in [0.4, 0.5) is 0 Å². The molecule has 0 unspecified atom stereocenters. The lowest BCUT2D eigenvalue weighted by Crippen LogP contribution is -2.12. The lowest BCUT2D eigenvalue weighted by atomic mass is 10.8. The van der Waals surface area contributed by atoms with Crippen LogP contribution >= 0.6 is 34.8 Å². The van der Waals surface area contributed by atoms with Crippen LogP contribution in [-0.4, -0.2) is 17.0 Å². The van der Waals surface area contributed by atoms with Gasteiger partial charge in [-0.25, -0.2) is 0 Å². The largest absolute Gasteiger partial charge is 0.377 e. The molecule has 0 bridgehead atoms. The predicted octanol–water partition coefficient (Wildman–Crippen LogP) is 2.21. The van der Waals surface area contributed by atoms with E-state index in [-0.39, 0.29) is 6.61 Å². The molecule has 1 radical (unpaired) electrons. The molecule has 0 spiro atoms. The number of ether oxygens (including phenoxy) is 1. The Kier molecular flexibility index (Phi) is 4.17. The minimum atomic E-state index is -1.29. The van der Waals surface area contributed by atoms with Crippen LogP contribution in [0.1, 0.15) is 0 Å². The third-order valence-corrected chi connectivity index (χ3v) is 0.737. The molecule has 0 aliphatic heterocycles. The molecule has 0 saturated carbocycles. The van der Waals surface area contributed by atoms with Crippen molar-refractivity contribution in [1.82, 2.24) is 0 Å². The van der Waals surface area contributed by atoms with Gasteiger partial charge in [0.15, 0.2) is 0 Å². The Balaban J connectivity index is 3.11. The smallest absolute Gasteiger partial charge is 0.213 e. The van der Waals surface area contributed by atoms with Gasteiger partial charge in [0.1, 0.15) is 0 Å². The van der Waals surface area contributed by atoms with E-state index in [0.717, 1.165) is 0 Å². The summed E-state index contributed by atoms with van der Waals surface area (Å²) in [7, 11) is 0. The van der Waals surface area contributed by atoms with E-state index in [2.05, 4.69) is 6.92 Å². The van der Waals surface area contributed by atoms with Gasteiger partial charge in [0.25, 0.3) is 0 Å². The Hall–Kier alpha value is 0.830. The highest BCUT2D eigenvalue weighted by atomic mass is 35.6. The second-order valence-electron chi connectivity index (χ2n) is 1.17. The monoisotopic (exact) mass is 175 g/mol. The van der Waals surface area contributed by atoms with E-state index in [1.165, 1.54) is 0 Å². The predicted molar refractivity (Wildman–Crippen MR) is 36.5 cm³/mol. The van der Waals surface area contributed by atoms with Crippen molar-refractivity contribution in [3.8, 4) is 0 Å². The molecule has 0 aromatic rings. The Bertz CT molecular complexity index is 58.8. The van der Waals surface area contributed by atoms with Gasteiger partial charge in [-0.15, -0.1) is 0 Å². The van der Waals surface area contributed by atoms with Crippen molar-refractivity contribution in [2.45, 2.75) is 3.79 Å². The Morgan fingerprint density at radius 2 is 1.88 bits per heavy atom. The fourth-order valence-electron chi connectivity index (χ4n) is 0.188. The van der Waals surface area contributed by atoms with Crippen LogP contribution in [-0.2, 0) is 4.74 Å². The summed E-state index contributed by atoms with van der Waals surface area (Å²) in [4.78, 5) is 0. The fourth-order valence-corrected chi connectivity index (χ4v) is 0.419. The molecule has 0 saturated heterocycles. The molecule has 49 valence electrons. The van der Waals surface area contributed by atoms with Crippen molar-refractivity contribution in [2.24, 2.45) is 0 Å².